The molecular weight excluding hydrogens is 983 g/mol. The van der Waals surface area contributed by atoms with E-state index in [0.717, 1.165) is 38.5 Å². The van der Waals surface area contributed by atoms with Crippen molar-refractivity contribution in [2.24, 2.45) is 0 Å². The lowest BCUT2D eigenvalue weighted by atomic mass is 10.0. The highest BCUT2D eigenvalue weighted by molar-refractivity contribution is 5.76. The maximum absolute atomic E-state index is 12.5. The van der Waals surface area contributed by atoms with Crippen LogP contribution in [0.25, 0.3) is 0 Å². The van der Waals surface area contributed by atoms with Gasteiger partial charge in [0.25, 0.3) is 0 Å². The van der Waals surface area contributed by atoms with E-state index < -0.39 is 12.1 Å². The van der Waals surface area contributed by atoms with Crippen molar-refractivity contribution in [2.45, 2.75) is 437 Å². The minimum absolute atomic E-state index is 0.0211. The monoisotopic (exact) mass is 1130 g/mol. The number of carbonyl (C=O) groups excluding carboxylic acids is 2. The van der Waals surface area contributed by atoms with E-state index in [0.29, 0.717) is 19.4 Å². The third-order valence-electron chi connectivity index (χ3n) is 17.6. The molecule has 476 valence electrons. The standard InChI is InChI=1S/C74H145NO5/c1-3-5-7-9-11-13-15-17-18-19-20-21-30-33-36-39-43-46-50-54-58-62-66-72(77)71(70-76)75-73(78)67-63-59-55-51-47-44-40-37-34-31-28-26-24-22-23-25-27-29-32-35-38-41-45-49-53-57-61-65-69-80-74(79)68-64-60-56-52-48-42-16-14-12-10-8-6-4-2/h62,66,71-72,76-77H,3-61,63-65,67-70H2,1-2H3,(H,75,78)/b66-62+. The average Bonchev–Trinajstić information content (AvgIpc) is 3.46. The van der Waals surface area contributed by atoms with Crippen LogP contribution in [0, 0.1) is 0 Å². The quantitative estimate of drug-likeness (QED) is 0.0320. The number of nitrogens with one attached hydrogen (secondary N) is 1. The van der Waals surface area contributed by atoms with Gasteiger partial charge in [-0.25, -0.2) is 0 Å². The van der Waals surface area contributed by atoms with Crippen LogP contribution in [0.15, 0.2) is 12.2 Å². The minimum Gasteiger partial charge on any atom is -0.466 e. The third kappa shape index (κ3) is 65.7. The lowest BCUT2D eigenvalue weighted by molar-refractivity contribution is -0.143. The van der Waals surface area contributed by atoms with Gasteiger partial charge in [0.15, 0.2) is 0 Å². The number of amides is 1. The number of hydrogen-bond acceptors (Lipinski definition) is 5. The first-order valence-corrected chi connectivity index (χ1v) is 37.0. The van der Waals surface area contributed by atoms with E-state index in [4.69, 9.17) is 4.74 Å². The zero-order valence-corrected chi connectivity index (χ0v) is 54.6. The Labute approximate surface area is 501 Å². The largest absolute Gasteiger partial charge is 0.466 e. The fourth-order valence-corrected chi connectivity index (χ4v) is 11.9. The molecular formula is C74H145NO5. The van der Waals surface area contributed by atoms with Crippen molar-refractivity contribution < 1.29 is 24.5 Å². The van der Waals surface area contributed by atoms with Gasteiger partial charge in [-0.1, -0.05) is 392 Å². The first-order valence-electron chi connectivity index (χ1n) is 37.0. The van der Waals surface area contributed by atoms with Crippen molar-refractivity contribution in [3.05, 3.63) is 12.2 Å². The highest BCUT2D eigenvalue weighted by Gasteiger charge is 2.18. The van der Waals surface area contributed by atoms with E-state index in [9.17, 15) is 19.8 Å². The molecule has 80 heavy (non-hydrogen) atoms. The van der Waals surface area contributed by atoms with Crippen molar-refractivity contribution in [2.75, 3.05) is 13.2 Å². The first-order chi connectivity index (χ1) is 39.5. The Bertz CT molecular complexity index is 1210. The van der Waals surface area contributed by atoms with Crippen LogP contribution in [-0.4, -0.2) is 47.4 Å². The molecule has 1 amide bonds. The normalized spacial score (nSPS) is 12.5. The average molecular weight is 1130 g/mol. The van der Waals surface area contributed by atoms with E-state index >= 15 is 0 Å². The number of aliphatic hydroxyl groups excluding tert-OH is 2. The van der Waals surface area contributed by atoms with E-state index in [1.807, 2.05) is 6.08 Å². The number of unbranched alkanes of at least 4 members (excludes halogenated alkanes) is 59. The Morgan fingerprint density at radius 1 is 0.338 bits per heavy atom. The summed E-state index contributed by atoms with van der Waals surface area (Å²) in [5, 5.41) is 23.3. The van der Waals surface area contributed by atoms with E-state index in [1.165, 1.54) is 360 Å². The second kappa shape index (κ2) is 70.1. The maximum Gasteiger partial charge on any atom is 0.305 e. The number of carbonyl (C=O) groups is 2. The zero-order chi connectivity index (χ0) is 57.8. The third-order valence-corrected chi connectivity index (χ3v) is 17.6. The van der Waals surface area contributed by atoms with Crippen molar-refractivity contribution in [3.8, 4) is 0 Å². The van der Waals surface area contributed by atoms with Crippen molar-refractivity contribution in [3.63, 3.8) is 0 Å². The molecule has 2 atom stereocenters. The molecule has 0 aliphatic heterocycles. The number of aliphatic hydroxyl groups is 2. The van der Waals surface area contributed by atoms with Gasteiger partial charge in [0.05, 0.1) is 25.4 Å². The molecule has 0 saturated carbocycles. The summed E-state index contributed by atoms with van der Waals surface area (Å²) in [6.45, 7) is 4.96. The summed E-state index contributed by atoms with van der Waals surface area (Å²) in [4.78, 5) is 24.6. The predicted octanol–water partition coefficient (Wildman–Crippen LogP) is 23.9. The van der Waals surface area contributed by atoms with Gasteiger partial charge in [-0.15, -0.1) is 0 Å². The second-order valence-corrected chi connectivity index (χ2v) is 25.6. The number of rotatable bonds is 70. The topological polar surface area (TPSA) is 95.9 Å². The molecule has 6 nitrogen and oxygen atoms in total. The Morgan fingerprint density at radius 2 is 0.575 bits per heavy atom. The lowest BCUT2D eigenvalue weighted by Crippen LogP contribution is -2.45. The molecule has 0 bridgehead atoms. The molecule has 2 unspecified atom stereocenters. The van der Waals surface area contributed by atoms with Crippen LogP contribution in [0.5, 0.6) is 0 Å². The van der Waals surface area contributed by atoms with E-state index in [1.54, 1.807) is 6.08 Å². The van der Waals surface area contributed by atoms with Crippen molar-refractivity contribution in [1.29, 1.82) is 0 Å². The highest BCUT2D eigenvalue weighted by atomic mass is 16.5. The molecule has 0 rings (SSSR count). The molecule has 6 heteroatoms. The predicted molar refractivity (Wildman–Crippen MR) is 352 cm³/mol. The number of allylic oxidation sites excluding steroid dienone is 1. The fourth-order valence-electron chi connectivity index (χ4n) is 11.9. The highest BCUT2D eigenvalue weighted by Crippen LogP contribution is 2.20. The first kappa shape index (κ1) is 78.6. The van der Waals surface area contributed by atoms with Crippen LogP contribution in [-0.2, 0) is 14.3 Å². The van der Waals surface area contributed by atoms with Gasteiger partial charge in [-0.2, -0.15) is 0 Å². The van der Waals surface area contributed by atoms with Crippen LogP contribution in [0.4, 0.5) is 0 Å². The summed E-state index contributed by atoms with van der Waals surface area (Å²) in [5.74, 6) is -0.0387. The van der Waals surface area contributed by atoms with Gasteiger partial charge in [0.2, 0.25) is 5.91 Å². The lowest BCUT2D eigenvalue weighted by Gasteiger charge is -2.20. The van der Waals surface area contributed by atoms with Crippen molar-refractivity contribution in [1.82, 2.24) is 5.32 Å². The van der Waals surface area contributed by atoms with E-state index in [2.05, 4.69) is 19.2 Å². The molecule has 3 N–H and O–H groups in total. The molecule has 0 aliphatic rings. The summed E-state index contributed by atoms with van der Waals surface area (Å²) in [6, 6.07) is -0.626. The summed E-state index contributed by atoms with van der Waals surface area (Å²) < 4.78 is 5.49. The zero-order valence-electron chi connectivity index (χ0n) is 54.6. The SMILES string of the molecule is CCCCCCCCCCCCCCCCCCCCCC/C=C/C(O)C(CO)NC(=O)CCCCCCCCCCCCCCCCCCCCCCCCCCCCCCOC(=O)CCCCCCCCCCCCCCC. The molecule has 0 aliphatic carbocycles. The van der Waals surface area contributed by atoms with Gasteiger partial charge in [-0.05, 0) is 32.1 Å². The summed E-state index contributed by atoms with van der Waals surface area (Å²) in [5.41, 5.74) is 0. The summed E-state index contributed by atoms with van der Waals surface area (Å²) in [7, 11) is 0. The van der Waals surface area contributed by atoms with Crippen LogP contribution in [0.2, 0.25) is 0 Å². The van der Waals surface area contributed by atoms with Gasteiger partial charge in [0.1, 0.15) is 0 Å². The number of hydrogen-bond donors (Lipinski definition) is 3. The fraction of sp³-hybridized carbons (Fsp3) is 0.946. The molecule has 0 fully saturated rings. The van der Waals surface area contributed by atoms with Gasteiger partial charge in [0, 0.05) is 12.8 Å². The summed E-state index contributed by atoms with van der Waals surface area (Å²) in [6.07, 6.45) is 87.4. The van der Waals surface area contributed by atoms with E-state index in [-0.39, 0.29) is 18.5 Å². The van der Waals surface area contributed by atoms with Gasteiger partial charge in [-0.3, -0.25) is 9.59 Å². The Balaban J connectivity index is 3.36. The smallest absolute Gasteiger partial charge is 0.305 e. The Morgan fingerprint density at radius 3 is 0.850 bits per heavy atom. The molecule has 0 spiro atoms. The Hall–Kier alpha value is -1.40. The molecule has 0 aromatic rings. The molecule has 0 aromatic carbocycles. The molecule has 0 radical (unpaired) electrons. The van der Waals surface area contributed by atoms with Crippen LogP contribution in [0.1, 0.15) is 425 Å². The molecule has 0 saturated heterocycles. The van der Waals surface area contributed by atoms with Crippen molar-refractivity contribution >= 4 is 11.9 Å². The Kier molecular flexibility index (Phi) is 68.9. The number of esters is 1. The van der Waals surface area contributed by atoms with Crippen LogP contribution < -0.4 is 5.32 Å². The summed E-state index contributed by atoms with van der Waals surface area (Å²) >= 11 is 0. The van der Waals surface area contributed by atoms with Crippen LogP contribution in [0.3, 0.4) is 0 Å². The van der Waals surface area contributed by atoms with Gasteiger partial charge >= 0.3 is 5.97 Å². The minimum atomic E-state index is -0.843. The van der Waals surface area contributed by atoms with Crippen LogP contribution >= 0.6 is 0 Å². The molecule has 0 heterocycles. The maximum atomic E-state index is 12.5. The second-order valence-electron chi connectivity index (χ2n) is 25.6. The van der Waals surface area contributed by atoms with Gasteiger partial charge < -0.3 is 20.3 Å². The molecule has 0 aromatic heterocycles. The number of ether oxygens (including phenoxy) is 1.